The number of benzene rings is 2. The van der Waals surface area contributed by atoms with Crippen LogP contribution < -0.4 is 0 Å². The molecule has 0 radical (unpaired) electrons. The number of pyridine rings is 1. The summed E-state index contributed by atoms with van der Waals surface area (Å²) in [6.45, 7) is -0.0500. The van der Waals surface area contributed by atoms with Gasteiger partial charge in [-0.25, -0.2) is 9.78 Å². The van der Waals surface area contributed by atoms with E-state index >= 15 is 0 Å². The van der Waals surface area contributed by atoms with E-state index in [1.54, 1.807) is 29.1 Å². The lowest BCUT2D eigenvalue weighted by atomic mass is 10.1. The SMILES string of the molecule is O=C(O)C(Cn1ccnc1)N(Cc1ccc(-c2ccccn2)cc1)C(=O)C=Cc1ccc(C(F)(F)F)cc1. The Labute approximate surface area is 216 Å². The number of nitrogens with zero attached hydrogens (tertiary/aromatic N) is 4. The lowest BCUT2D eigenvalue weighted by molar-refractivity contribution is -0.149. The molecule has 2 aromatic carbocycles. The summed E-state index contributed by atoms with van der Waals surface area (Å²) in [5, 5.41) is 9.99. The third-order valence-electron chi connectivity index (χ3n) is 5.81. The highest BCUT2D eigenvalue weighted by Gasteiger charge is 2.30. The van der Waals surface area contributed by atoms with Crippen molar-refractivity contribution < 1.29 is 27.9 Å². The van der Waals surface area contributed by atoms with E-state index in [9.17, 15) is 27.9 Å². The number of carbonyl (C=O) groups is 2. The molecule has 0 bridgehead atoms. The zero-order valence-electron chi connectivity index (χ0n) is 20.0. The summed E-state index contributed by atoms with van der Waals surface area (Å²) in [5.41, 5.74) is 1.89. The first kappa shape index (κ1) is 26.3. The van der Waals surface area contributed by atoms with Gasteiger partial charge in [0.1, 0.15) is 6.04 Å². The summed E-state index contributed by atoms with van der Waals surface area (Å²) in [6.07, 6.45) is 4.29. The van der Waals surface area contributed by atoms with Crippen molar-refractivity contribution in [2.75, 3.05) is 0 Å². The molecule has 1 atom stereocenters. The Kier molecular flexibility index (Phi) is 8.00. The maximum Gasteiger partial charge on any atom is 0.416 e. The highest BCUT2D eigenvalue weighted by Crippen LogP contribution is 2.29. The van der Waals surface area contributed by atoms with Crippen LogP contribution in [0, 0.1) is 0 Å². The average molecular weight is 521 g/mol. The van der Waals surface area contributed by atoms with Crippen LogP contribution in [0.4, 0.5) is 13.2 Å². The van der Waals surface area contributed by atoms with Crippen LogP contribution in [0.5, 0.6) is 0 Å². The molecule has 0 aliphatic heterocycles. The minimum Gasteiger partial charge on any atom is -0.480 e. The maximum absolute atomic E-state index is 13.3. The molecule has 0 saturated carbocycles. The number of imidazole rings is 1. The van der Waals surface area contributed by atoms with Crippen LogP contribution in [0.1, 0.15) is 16.7 Å². The average Bonchev–Trinajstić information content (AvgIpc) is 3.43. The Balaban J connectivity index is 1.59. The smallest absolute Gasteiger partial charge is 0.416 e. The van der Waals surface area contributed by atoms with E-state index in [0.29, 0.717) is 11.1 Å². The summed E-state index contributed by atoms with van der Waals surface area (Å²) >= 11 is 0. The standard InChI is InChI=1S/C28H23F3N4O3/c29-28(30,31)23-11-6-20(7-12-23)8-13-26(36)35(25(27(37)38)18-34-16-15-32-19-34)17-21-4-9-22(10-5-21)24-3-1-2-14-33-24/h1-16,19,25H,17-18H2,(H,37,38). The number of carboxylic acid groups (broad SMARTS) is 1. The second kappa shape index (κ2) is 11.5. The van der Waals surface area contributed by atoms with Crippen molar-refractivity contribution in [3.8, 4) is 11.3 Å². The molecule has 38 heavy (non-hydrogen) atoms. The molecule has 4 aromatic rings. The number of hydrogen-bond acceptors (Lipinski definition) is 4. The maximum atomic E-state index is 13.3. The summed E-state index contributed by atoms with van der Waals surface area (Å²) in [7, 11) is 0. The third kappa shape index (κ3) is 6.73. The normalized spacial score (nSPS) is 12.4. The predicted octanol–water partition coefficient (Wildman–Crippen LogP) is 5.16. The number of halogens is 3. The Morgan fingerprint density at radius 2 is 1.74 bits per heavy atom. The van der Waals surface area contributed by atoms with Gasteiger partial charge in [0.05, 0.1) is 24.1 Å². The molecule has 7 nitrogen and oxygen atoms in total. The zero-order chi connectivity index (χ0) is 27.1. The Morgan fingerprint density at radius 3 is 2.32 bits per heavy atom. The number of aromatic nitrogens is 3. The highest BCUT2D eigenvalue weighted by molar-refractivity contribution is 5.94. The minimum absolute atomic E-state index is 0.00958. The molecule has 2 heterocycles. The van der Waals surface area contributed by atoms with Gasteiger partial charge < -0.3 is 14.6 Å². The number of rotatable bonds is 9. The van der Waals surface area contributed by atoms with Crippen LogP contribution in [0.15, 0.2) is 97.7 Å². The Morgan fingerprint density at radius 1 is 1.00 bits per heavy atom. The summed E-state index contributed by atoms with van der Waals surface area (Å²) in [5.74, 6) is -1.81. The van der Waals surface area contributed by atoms with Gasteiger partial charge in [-0.15, -0.1) is 0 Å². The number of carbonyl (C=O) groups excluding carboxylic acids is 1. The lowest BCUT2D eigenvalue weighted by Gasteiger charge is -2.28. The highest BCUT2D eigenvalue weighted by atomic mass is 19.4. The molecule has 10 heteroatoms. The van der Waals surface area contributed by atoms with Crippen molar-refractivity contribution in [2.45, 2.75) is 25.3 Å². The molecule has 1 N–H and O–H groups in total. The number of carboxylic acids is 1. The summed E-state index contributed by atoms with van der Waals surface area (Å²) < 4.78 is 40.1. The molecule has 0 fully saturated rings. The monoisotopic (exact) mass is 520 g/mol. The number of hydrogen-bond donors (Lipinski definition) is 1. The first-order valence-electron chi connectivity index (χ1n) is 11.6. The van der Waals surface area contributed by atoms with Crippen molar-refractivity contribution in [1.82, 2.24) is 19.4 Å². The molecular formula is C28H23F3N4O3. The van der Waals surface area contributed by atoms with Crippen LogP contribution in [0.25, 0.3) is 17.3 Å². The van der Waals surface area contributed by atoms with Crippen LogP contribution in [-0.2, 0) is 28.9 Å². The van der Waals surface area contributed by atoms with Gasteiger partial charge in [-0.1, -0.05) is 42.5 Å². The quantitative estimate of drug-likeness (QED) is 0.308. The molecule has 0 saturated heterocycles. The third-order valence-corrected chi connectivity index (χ3v) is 5.81. The molecule has 1 amide bonds. The second-order valence-corrected chi connectivity index (χ2v) is 8.44. The number of aliphatic carboxylic acids is 1. The van der Waals surface area contributed by atoms with Crippen LogP contribution in [0.2, 0.25) is 0 Å². The number of alkyl halides is 3. The van der Waals surface area contributed by atoms with Crippen molar-refractivity contribution in [2.24, 2.45) is 0 Å². The molecular weight excluding hydrogens is 497 g/mol. The molecule has 2 aromatic heterocycles. The first-order valence-corrected chi connectivity index (χ1v) is 11.6. The van der Waals surface area contributed by atoms with Crippen molar-refractivity contribution in [3.05, 3.63) is 114 Å². The topological polar surface area (TPSA) is 88.3 Å². The summed E-state index contributed by atoms with van der Waals surface area (Å²) in [6, 6.07) is 15.9. The van der Waals surface area contributed by atoms with Crippen LogP contribution >= 0.6 is 0 Å². The molecule has 1 unspecified atom stereocenters. The van der Waals surface area contributed by atoms with Gasteiger partial charge in [0.15, 0.2) is 0 Å². The van der Waals surface area contributed by atoms with Crippen LogP contribution in [0.3, 0.4) is 0 Å². The van der Waals surface area contributed by atoms with Gasteiger partial charge in [-0.3, -0.25) is 9.78 Å². The van der Waals surface area contributed by atoms with Gasteiger partial charge in [-0.05, 0) is 41.5 Å². The Hall–Kier alpha value is -4.73. The molecule has 0 aliphatic carbocycles. The van der Waals surface area contributed by atoms with Crippen molar-refractivity contribution in [1.29, 1.82) is 0 Å². The molecule has 194 valence electrons. The number of amides is 1. The van der Waals surface area contributed by atoms with Gasteiger partial charge in [-0.2, -0.15) is 13.2 Å². The molecule has 4 rings (SSSR count). The van der Waals surface area contributed by atoms with E-state index in [0.717, 1.165) is 29.5 Å². The van der Waals surface area contributed by atoms with Crippen molar-refractivity contribution in [3.63, 3.8) is 0 Å². The largest absolute Gasteiger partial charge is 0.480 e. The fourth-order valence-corrected chi connectivity index (χ4v) is 3.80. The second-order valence-electron chi connectivity index (χ2n) is 8.44. The van der Waals surface area contributed by atoms with E-state index in [2.05, 4.69) is 9.97 Å². The van der Waals surface area contributed by atoms with E-state index < -0.39 is 29.7 Å². The van der Waals surface area contributed by atoms with Crippen molar-refractivity contribution >= 4 is 18.0 Å². The van der Waals surface area contributed by atoms with Gasteiger partial charge in [0.25, 0.3) is 0 Å². The van der Waals surface area contributed by atoms with Gasteiger partial charge in [0, 0.05) is 36.8 Å². The lowest BCUT2D eigenvalue weighted by Crippen LogP contribution is -2.46. The van der Waals surface area contributed by atoms with Crippen LogP contribution in [-0.4, -0.2) is 42.5 Å². The predicted molar refractivity (Wildman–Crippen MR) is 134 cm³/mol. The zero-order valence-corrected chi connectivity index (χ0v) is 20.0. The Bertz CT molecular complexity index is 1390. The molecule has 0 aliphatic rings. The molecule has 0 spiro atoms. The van der Waals surface area contributed by atoms with E-state index in [1.807, 2.05) is 30.3 Å². The fraction of sp³-hybridized carbons (Fsp3) is 0.143. The minimum atomic E-state index is -4.47. The van der Waals surface area contributed by atoms with E-state index in [-0.39, 0.29) is 13.1 Å². The first-order chi connectivity index (χ1) is 18.2. The van der Waals surface area contributed by atoms with E-state index in [1.165, 1.54) is 35.6 Å². The van der Waals surface area contributed by atoms with E-state index in [4.69, 9.17) is 0 Å². The fourth-order valence-electron chi connectivity index (χ4n) is 3.80. The van der Waals surface area contributed by atoms with Gasteiger partial charge >= 0.3 is 12.1 Å². The van der Waals surface area contributed by atoms with Gasteiger partial charge in [0.2, 0.25) is 5.91 Å². The summed E-state index contributed by atoms with van der Waals surface area (Å²) in [4.78, 5) is 35.0.